The zero-order valence-corrected chi connectivity index (χ0v) is 8.83. The van der Waals surface area contributed by atoms with Crippen molar-refractivity contribution in [1.29, 1.82) is 0 Å². The van der Waals surface area contributed by atoms with Crippen LogP contribution in [0.4, 0.5) is 8.78 Å². The first kappa shape index (κ1) is 11.5. The zero-order valence-electron chi connectivity index (χ0n) is 8.83. The maximum absolute atomic E-state index is 13.4. The Morgan fingerprint density at radius 3 is 2.56 bits per heavy atom. The van der Waals surface area contributed by atoms with Crippen molar-refractivity contribution >= 4 is 0 Å². The van der Waals surface area contributed by atoms with Gasteiger partial charge in [0.05, 0.1) is 18.3 Å². The van der Waals surface area contributed by atoms with E-state index in [4.69, 9.17) is 4.74 Å². The largest absolute Gasteiger partial charge is 0.388 e. The summed E-state index contributed by atoms with van der Waals surface area (Å²) in [5.74, 6) is -1.61. The Morgan fingerprint density at radius 1 is 1.31 bits per heavy atom. The van der Waals surface area contributed by atoms with Crippen LogP contribution in [0.3, 0.4) is 0 Å². The highest BCUT2D eigenvalue weighted by atomic mass is 19.1. The Bertz CT molecular complexity index is 342. The van der Waals surface area contributed by atoms with Gasteiger partial charge in [-0.3, -0.25) is 0 Å². The van der Waals surface area contributed by atoms with E-state index in [0.717, 1.165) is 25.0 Å². The fraction of sp³-hybridized carbons (Fsp3) is 0.500. The fourth-order valence-corrected chi connectivity index (χ4v) is 2.04. The summed E-state index contributed by atoms with van der Waals surface area (Å²) in [6, 6.07) is 3.61. The van der Waals surface area contributed by atoms with Gasteiger partial charge in [-0.2, -0.15) is 0 Å². The van der Waals surface area contributed by atoms with Gasteiger partial charge in [0.2, 0.25) is 0 Å². The third kappa shape index (κ3) is 2.23. The van der Waals surface area contributed by atoms with Crippen LogP contribution in [0.2, 0.25) is 0 Å². The molecule has 0 amide bonds. The maximum Gasteiger partial charge on any atom is 0.131 e. The van der Waals surface area contributed by atoms with Crippen molar-refractivity contribution < 1.29 is 18.6 Å². The highest BCUT2D eigenvalue weighted by molar-refractivity contribution is 5.22. The van der Waals surface area contributed by atoms with E-state index in [1.54, 1.807) is 0 Å². The summed E-state index contributed by atoms with van der Waals surface area (Å²) in [5.41, 5.74) is -0.238. The normalized spacial score (nSPS) is 23.1. The zero-order chi connectivity index (χ0) is 11.5. The lowest BCUT2D eigenvalue weighted by Crippen LogP contribution is -2.25. The molecule has 2 unspecified atom stereocenters. The lowest BCUT2D eigenvalue weighted by molar-refractivity contribution is -0.0125. The van der Waals surface area contributed by atoms with Crippen molar-refractivity contribution in [3.63, 3.8) is 0 Å². The van der Waals surface area contributed by atoms with E-state index in [1.165, 1.54) is 6.07 Å². The fourth-order valence-electron chi connectivity index (χ4n) is 2.04. The molecule has 1 fully saturated rings. The van der Waals surface area contributed by atoms with E-state index in [2.05, 4.69) is 0 Å². The van der Waals surface area contributed by atoms with Gasteiger partial charge in [-0.05, 0) is 25.0 Å². The summed E-state index contributed by atoms with van der Waals surface area (Å²) in [7, 11) is 0. The number of halogens is 2. The lowest BCUT2D eigenvalue weighted by atomic mass is 9.90. The molecule has 1 saturated heterocycles. The number of hydrogen-bond donors (Lipinski definition) is 1. The molecule has 4 heteroatoms. The van der Waals surface area contributed by atoms with Crippen LogP contribution in [0.5, 0.6) is 0 Å². The van der Waals surface area contributed by atoms with E-state index >= 15 is 0 Å². The molecule has 1 aliphatic rings. The Hall–Kier alpha value is -1.00. The predicted octanol–water partition coefficient (Wildman–Crippen LogP) is 2.42. The smallest absolute Gasteiger partial charge is 0.131 e. The standard InChI is InChI=1S/C12H14F2O2/c13-9-4-1-5-10(14)11(9)12(15)8-3-2-6-16-7-8/h1,4-5,8,12,15H,2-3,6-7H2. The molecule has 2 nitrogen and oxygen atoms in total. The van der Waals surface area contributed by atoms with Crippen molar-refractivity contribution in [3.8, 4) is 0 Å². The van der Waals surface area contributed by atoms with Gasteiger partial charge in [0.15, 0.2) is 0 Å². The molecule has 0 aliphatic carbocycles. The summed E-state index contributed by atoms with van der Waals surface area (Å²) < 4.78 is 32.0. The molecule has 2 rings (SSSR count). The summed E-state index contributed by atoms with van der Waals surface area (Å²) >= 11 is 0. The molecule has 16 heavy (non-hydrogen) atoms. The molecule has 0 spiro atoms. The Kier molecular flexibility index (Phi) is 3.51. The molecule has 0 radical (unpaired) electrons. The molecule has 0 aromatic heterocycles. The topological polar surface area (TPSA) is 29.5 Å². The molecule has 1 heterocycles. The summed E-state index contributed by atoms with van der Waals surface area (Å²) in [4.78, 5) is 0. The van der Waals surface area contributed by atoms with Gasteiger partial charge in [-0.15, -0.1) is 0 Å². The first-order chi connectivity index (χ1) is 7.70. The molecule has 88 valence electrons. The second kappa shape index (κ2) is 4.89. The molecule has 1 N–H and O–H groups in total. The minimum Gasteiger partial charge on any atom is -0.388 e. The van der Waals surface area contributed by atoms with Crippen molar-refractivity contribution in [2.45, 2.75) is 18.9 Å². The molecule has 0 bridgehead atoms. The number of rotatable bonds is 2. The van der Waals surface area contributed by atoms with Crippen LogP contribution >= 0.6 is 0 Å². The number of ether oxygens (including phenoxy) is 1. The first-order valence-electron chi connectivity index (χ1n) is 5.40. The number of aliphatic hydroxyl groups is 1. The minimum atomic E-state index is -1.12. The van der Waals surface area contributed by atoms with Crippen LogP contribution in [0.15, 0.2) is 18.2 Å². The Morgan fingerprint density at radius 2 is 2.00 bits per heavy atom. The van der Waals surface area contributed by atoms with Crippen molar-refractivity contribution in [2.75, 3.05) is 13.2 Å². The van der Waals surface area contributed by atoms with Gasteiger partial charge in [-0.1, -0.05) is 6.07 Å². The van der Waals surface area contributed by atoms with Crippen molar-refractivity contribution in [3.05, 3.63) is 35.4 Å². The summed E-state index contributed by atoms with van der Waals surface area (Å²) in [5, 5.41) is 9.95. The Labute approximate surface area is 92.9 Å². The van der Waals surface area contributed by atoms with Crippen LogP contribution in [-0.4, -0.2) is 18.3 Å². The lowest BCUT2D eigenvalue weighted by Gasteiger charge is -2.27. The second-order valence-corrected chi connectivity index (χ2v) is 4.06. The van der Waals surface area contributed by atoms with E-state index in [9.17, 15) is 13.9 Å². The molecular formula is C12H14F2O2. The van der Waals surface area contributed by atoms with E-state index in [1.807, 2.05) is 0 Å². The van der Waals surface area contributed by atoms with Crippen LogP contribution in [0.1, 0.15) is 24.5 Å². The molecule has 0 saturated carbocycles. The average Bonchev–Trinajstić information content (AvgIpc) is 2.30. The molecule has 1 aromatic carbocycles. The van der Waals surface area contributed by atoms with Crippen LogP contribution in [0.25, 0.3) is 0 Å². The van der Waals surface area contributed by atoms with E-state index in [0.29, 0.717) is 13.2 Å². The van der Waals surface area contributed by atoms with Gasteiger partial charge < -0.3 is 9.84 Å². The highest BCUT2D eigenvalue weighted by Crippen LogP contribution is 2.31. The van der Waals surface area contributed by atoms with E-state index in [-0.39, 0.29) is 11.5 Å². The van der Waals surface area contributed by atoms with Crippen molar-refractivity contribution in [2.24, 2.45) is 5.92 Å². The van der Waals surface area contributed by atoms with Gasteiger partial charge in [0.25, 0.3) is 0 Å². The minimum absolute atomic E-state index is 0.222. The van der Waals surface area contributed by atoms with Crippen LogP contribution in [0, 0.1) is 17.6 Å². The van der Waals surface area contributed by atoms with Gasteiger partial charge >= 0.3 is 0 Å². The molecule has 1 aromatic rings. The third-order valence-electron chi connectivity index (χ3n) is 2.94. The third-order valence-corrected chi connectivity index (χ3v) is 2.94. The Balaban J connectivity index is 2.22. The predicted molar refractivity (Wildman–Crippen MR) is 54.9 cm³/mol. The first-order valence-corrected chi connectivity index (χ1v) is 5.40. The van der Waals surface area contributed by atoms with Crippen LogP contribution < -0.4 is 0 Å². The number of aliphatic hydroxyl groups excluding tert-OH is 1. The van der Waals surface area contributed by atoms with Gasteiger partial charge in [-0.25, -0.2) is 8.78 Å². The van der Waals surface area contributed by atoms with Gasteiger partial charge in [0, 0.05) is 12.5 Å². The van der Waals surface area contributed by atoms with Gasteiger partial charge in [0.1, 0.15) is 11.6 Å². The molecule has 2 atom stereocenters. The molecule has 1 aliphatic heterocycles. The van der Waals surface area contributed by atoms with Crippen LogP contribution in [-0.2, 0) is 4.74 Å². The number of hydrogen-bond acceptors (Lipinski definition) is 2. The quantitative estimate of drug-likeness (QED) is 0.842. The van der Waals surface area contributed by atoms with E-state index < -0.39 is 17.7 Å². The average molecular weight is 228 g/mol. The number of benzene rings is 1. The monoisotopic (exact) mass is 228 g/mol. The second-order valence-electron chi connectivity index (χ2n) is 4.06. The highest BCUT2D eigenvalue weighted by Gasteiger charge is 2.28. The summed E-state index contributed by atoms with van der Waals surface area (Å²) in [6.07, 6.45) is 0.425. The summed E-state index contributed by atoms with van der Waals surface area (Å²) in [6.45, 7) is 1.01. The SMILES string of the molecule is OC(c1c(F)cccc1F)C1CCCOC1. The molecular weight excluding hydrogens is 214 g/mol. The maximum atomic E-state index is 13.4. The van der Waals surface area contributed by atoms with Crippen molar-refractivity contribution in [1.82, 2.24) is 0 Å².